The largest absolute Gasteiger partial charge is 0.360 e. The minimum Gasteiger partial charge on any atom is -0.360 e. The molecule has 0 bridgehead atoms. The molecule has 1 aromatic heterocycles. The Balaban J connectivity index is 1.28. The van der Waals surface area contributed by atoms with Crippen molar-refractivity contribution >= 4 is 22.6 Å². The Labute approximate surface area is 224 Å². The second-order valence-electron chi connectivity index (χ2n) is 10.2. The Morgan fingerprint density at radius 2 is 1.71 bits per heavy atom. The van der Waals surface area contributed by atoms with Gasteiger partial charge in [0, 0.05) is 47.9 Å². The number of amides is 1. The zero-order valence-corrected chi connectivity index (χ0v) is 22.0. The predicted molar refractivity (Wildman–Crippen MR) is 153 cm³/mol. The molecule has 0 radical (unpaired) electrons. The molecule has 0 unspecified atom stereocenters. The summed E-state index contributed by atoms with van der Waals surface area (Å²) in [5, 5.41) is 7.35. The average Bonchev–Trinajstić information content (AvgIpc) is 3.62. The van der Waals surface area contributed by atoms with Gasteiger partial charge in [0.2, 0.25) is 0 Å². The molecule has 1 fully saturated rings. The number of H-pyrrole nitrogens is 1. The van der Waals surface area contributed by atoms with Gasteiger partial charge in [-0.05, 0) is 62.5 Å². The van der Waals surface area contributed by atoms with Gasteiger partial charge in [0.1, 0.15) is 0 Å². The molecule has 0 saturated carbocycles. The van der Waals surface area contributed by atoms with Crippen LogP contribution in [-0.4, -0.2) is 54.3 Å². The van der Waals surface area contributed by atoms with Gasteiger partial charge in [-0.1, -0.05) is 66.2 Å². The van der Waals surface area contributed by atoms with Crippen LogP contribution in [0.25, 0.3) is 10.9 Å². The van der Waals surface area contributed by atoms with E-state index < -0.39 is 6.04 Å². The summed E-state index contributed by atoms with van der Waals surface area (Å²) < 4.78 is 0. The molecule has 1 atom stereocenters. The van der Waals surface area contributed by atoms with Gasteiger partial charge in [-0.25, -0.2) is 0 Å². The number of benzene rings is 3. The van der Waals surface area contributed by atoms with Crippen LogP contribution in [0.1, 0.15) is 56.3 Å². The summed E-state index contributed by atoms with van der Waals surface area (Å²) in [4.78, 5) is 32.2. The fraction of sp³-hybridized carbons (Fsp3) is 0.312. The molecule has 5 rings (SSSR count). The molecule has 0 aliphatic carbocycles. The molecular weight excluding hydrogens is 472 g/mol. The third-order valence-corrected chi connectivity index (χ3v) is 7.40. The molecule has 3 aromatic carbocycles. The van der Waals surface area contributed by atoms with Crippen LogP contribution < -0.4 is 10.6 Å². The standard InChI is InChI=1S/C32H36N4O2/c1-23-9-11-24(12-10-23)15-16-33-30(25-7-3-2-4-8-25)31(37)28-22-35-29-21-26(13-14-27(28)29)32(38)34-17-20-36-18-5-6-19-36/h2-4,7-14,21-22,30,33,35H,5-6,15-20H2,1H3,(H,34,38)/t30-/m1/s1. The first-order valence-electron chi connectivity index (χ1n) is 13.6. The zero-order chi connectivity index (χ0) is 26.3. The fourth-order valence-electron chi connectivity index (χ4n) is 5.19. The van der Waals surface area contributed by atoms with E-state index in [9.17, 15) is 9.59 Å². The maximum Gasteiger partial charge on any atom is 0.251 e. The monoisotopic (exact) mass is 508 g/mol. The molecule has 3 N–H and O–H groups in total. The zero-order valence-electron chi connectivity index (χ0n) is 22.0. The molecule has 0 spiro atoms. The lowest BCUT2D eigenvalue weighted by Gasteiger charge is -2.18. The molecule has 1 aliphatic heterocycles. The van der Waals surface area contributed by atoms with Crippen LogP contribution >= 0.6 is 0 Å². The summed E-state index contributed by atoms with van der Waals surface area (Å²) >= 11 is 0. The number of aromatic amines is 1. The number of aromatic nitrogens is 1. The predicted octanol–water partition coefficient (Wildman–Crippen LogP) is 5.06. The minimum atomic E-state index is -0.464. The van der Waals surface area contributed by atoms with Crippen molar-refractivity contribution in [1.29, 1.82) is 0 Å². The molecule has 6 nitrogen and oxygen atoms in total. The summed E-state index contributed by atoms with van der Waals surface area (Å²) in [5.41, 5.74) is 5.41. The number of aryl methyl sites for hydroxylation is 1. The quantitative estimate of drug-likeness (QED) is 0.248. The van der Waals surface area contributed by atoms with E-state index in [-0.39, 0.29) is 11.7 Å². The first kappa shape index (κ1) is 25.9. The Morgan fingerprint density at radius 3 is 2.47 bits per heavy atom. The number of carbonyl (C=O) groups is 2. The molecule has 38 heavy (non-hydrogen) atoms. The Morgan fingerprint density at radius 1 is 0.947 bits per heavy atom. The average molecular weight is 509 g/mol. The number of hydrogen-bond acceptors (Lipinski definition) is 4. The summed E-state index contributed by atoms with van der Waals surface area (Å²) in [6.45, 7) is 6.51. The van der Waals surface area contributed by atoms with E-state index in [0.29, 0.717) is 24.2 Å². The van der Waals surface area contributed by atoms with E-state index in [0.717, 1.165) is 42.5 Å². The number of rotatable bonds is 11. The highest BCUT2D eigenvalue weighted by Crippen LogP contribution is 2.26. The third-order valence-electron chi connectivity index (χ3n) is 7.40. The summed E-state index contributed by atoms with van der Waals surface area (Å²) in [6.07, 6.45) is 5.08. The van der Waals surface area contributed by atoms with Gasteiger partial charge >= 0.3 is 0 Å². The fourth-order valence-corrected chi connectivity index (χ4v) is 5.19. The van der Waals surface area contributed by atoms with Crippen molar-refractivity contribution in [2.75, 3.05) is 32.7 Å². The lowest BCUT2D eigenvalue weighted by Crippen LogP contribution is -2.33. The van der Waals surface area contributed by atoms with E-state index in [2.05, 4.69) is 51.7 Å². The van der Waals surface area contributed by atoms with Crippen molar-refractivity contribution in [1.82, 2.24) is 20.5 Å². The lowest BCUT2D eigenvalue weighted by atomic mass is 9.96. The maximum absolute atomic E-state index is 13.8. The van der Waals surface area contributed by atoms with E-state index in [1.54, 1.807) is 12.3 Å². The van der Waals surface area contributed by atoms with Crippen molar-refractivity contribution in [3.63, 3.8) is 0 Å². The Bertz CT molecular complexity index is 1370. The van der Waals surface area contributed by atoms with Crippen molar-refractivity contribution in [2.45, 2.75) is 32.2 Å². The van der Waals surface area contributed by atoms with Gasteiger partial charge in [-0.2, -0.15) is 0 Å². The van der Waals surface area contributed by atoms with Gasteiger partial charge in [-0.3, -0.25) is 9.59 Å². The normalized spacial score (nSPS) is 14.6. The topological polar surface area (TPSA) is 77.2 Å². The van der Waals surface area contributed by atoms with Crippen LogP contribution in [0.2, 0.25) is 0 Å². The van der Waals surface area contributed by atoms with Crippen LogP contribution in [0, 0.1) is 6.92 Å². The van der Waals surface area contributed by atoms with Gasteiger partial charge in [-0.15, -0.1) is 0 Å². The SMILES string of the molecule is Cc1ccc(CCN[C@@H](C(=O)c2c[nH]c3cc(C(=O)NCCN4CCCC4)ccc23)c2ccccc2)cc1. The molecule has 2 heterocycles. The summed E-state index contributed by atoms with van der Waals surface area (Å²) in [7, 11) is 0. The summed E-state index contributed by atoms with van der Waals surface area (Å²) in [5.74, 6) is -0.0809. The highest BCUT2D eigenvalue weighted by Gasteiger charge is 2.24. The number of carbonyl (C=O) groups excluding carboxylic acids is 2. The van der Waals surface area contributed by atoms with Gasteiger partial charge < -0.3 is 20.5 Å². The maximum atomic E-state index is 13.8. The first-order chi connectivity index (χ1) is 18.6. The minimum absolute atomic E-state index is 0.00849. The lowest BCUT2D eigenvalue weighted by molar-refractivity contribution is 0.0939. The molecule has 4 aromatic rings. The number of nitrogens with one attached hydrogen (secondary N) is 3. The van der Waals surface area contributed by atoms with Crippen LogP contribution in [0.4, 0.5) is 0 Å². The first-order valence-corrected chi connectivity index (χ1v) is 13.6. The highest BCUT2D eigenvalue weighted by atomic mass is 16.1. The molecular formula is C32H36N4O2. The second kappa shape index (κ2) is 12.2. The number of fused-ring (bicyclic) bond motifs is 1. The number of ketones is 1. The van der Waals surface area contributed by atoms with E-state index >= 15 is 0 Å². The molecule has 1 aliphatic rings. The van der Waals surface area contributed by atoms with Gasteiger partial charge in [0.15, 0.2) is 5.78 Å². The van der Waals surface area contributed by atoms with E-state index in [1.807, 2.05) is 42.5 Å². The third kappa shape index (κ3) is 6.21. The Hall–Kier alpha value is -3.74. The van der Waals surface area contributed by atoms with Crippen LogP contribution in [0.5, 0.6) is 0 Å². The van der Waals surface area contributed by atoms with E-state index in [1.165, 1.54) is 24.0 Å². The second-order valence-corrected chi connectivity index (χ2v) is 10.2. The van der Waals surface area contributed by atoms with Crippen LogP contribution in [0.3, 0.4) is 0 Å². The molecule has 6 heteroatoms. The van der Waals surface area contributed by atoms with Gasteiger partial charge in [0.05, 0.1) is 6.04 Å². The van der Waals surface area contributed by atoms with Crippen molar-refractivity contribution in [2.24, 2.45) is 0 Å². The number of Topliss-reactive ketones (excluding diaryl/α,β-unsaturated/α-hetero) is 1. The molecule has 1 saturated heterocycles. The van der Waals surface area contributed by atoms with Crippen LogP contribution in [-0.2, 0) is 6.42 Å². The van der Waals surface area contributed by atoms with Crippen molar-refractivity contribution < 1.29 is 9.59 Å². The summed E-state index contributed by atoms with van der Waals surface area (Å²) in [6, 6.07) is 23.4. The molecule has 1 amide bonds. The van der Waals surface area contributed by atoms with Crippen molar-refractivity contribution in [3.8, 4) is 0 Å². The van der Waals surface area contributed by atoms with Crippen molar-refractivity contribution in [3.05, 3.63) is 107 Å². The number of likely N-dealkylation sites (tertiary alicyclic amines) is 1. The Kier molecular flexibility index (Phi) is 8.31. The van der Waals surface area contributed by atoms with E-state index in [4.69, 9.17) is 0 Å². The number of hydrogen-bond donors (Lipinski definition) is 3. The number of nitrogens with zero attached hydrogens (tertiary/aromatic N) is 1. The highest BCUT2D eigenvalue weighted by molar-refractivity contribution is 6.11. The molecule has 196 valence electrons. The smallest absolute Gasteiger partial charge is 0.251 e. The van der Waals surface area contributed by atoms with Crippen LogP contribution in [0.15, 0.2) is 79.0 Å². The van der Waals surface area contributed by atoms with Gasteiger partial charge in [0.25, 0.3) is 5.91 Å².